The smallest absolute Gasteiger partial charge is 0.253 e. The van der Waals surface area contributed by atoms with E-state index in [0.717, 1.165) is 5.56 Å². The van der Waals surface area contributed by atoms with Crippen LogP contribution in [0.1, 0.15) is 29.3 Å². The Balaban J connectivity index is 1.71. The zero-order valence-corrected chi connectivity index (χ0v) is 17.4. The summed E-state index contributed by atoms with van der Waals surface area (Å²) in [5, 5.41) is 2.62. The van der Waals surface area contributed by atoms with Gasteiger partial charge in [-0.05, 0) is 49.7 Å². The van der Waals surface area contributed by atoms with Crippen LogP contribution in [-0.4, -0.2) is 55.6 Å². The summed E-state index contributed by atoms with van der Waals surface area (Å²) in [4.78, 5) is 25.8. The molecule has 29 heavy (non-hydrogen) atoms. The van der Waals surface area contributed by atoms with E-state index in [1.165, 1.54) is 23.4 Å². The summed E-state index contributed by atoms with van der Waals surface area (Å²) in [6.45, 7) is 4.79. The summed E-state index contributed by atoms with van der Waals surface area (Å²) in [5.41, 5.74) is 2.18. The van der Waals surface area contributed by atoms with Gasteiger partial charge in [0.2, 0.25) is 15.9 Å². The van der Waals surface area contributed by atoms with Gasteiger partial charge in [-0.15, -0.1) is 0 Å². The number of carbonyl (C=O) groups is 2. The fourth-order valence-electron chi connectivity index (χ4n) is 3.36. The SMILES string of the molecule is CC(=O)Nc1ccc(S(=O)(=O)N2CCCN(C(=O)c3cccc(C)c3)CC2)cc1. The molecular weight excluding hydrogens is 390 g/mol. The first-order valence-electron chi connectivity index (χ1n) is 9.51. The molecule has 1 heterocycles. The number of amides is 2. The molecule has 3 rings (SSSR count). The molecule has 1 fully saturated rings. The molecule has 1 aliphatic rings. The monoisotopic (exact) mass is 415 g/mol. The number of nitrogens with one attached hydrogen (secondary N) is 1. The van der Waals surface area contributed by atoms with E-state index in [9.17, 15) is 18.0 Å². The van der Waals surface area contributed by atoms with Crippen molar-refractivity contribution in [1.82, 2.24) is 9.21 Å². The van der Waals surface area contributed by atoms with Crippen molar-refractivity contribution in [3.05, 3.63) is 59.7 Å². The summed E-state index contributed by atoms with van der Waals surface area (Å²) in [7, 11) is -3.67. The lowest BCUT2D eigenvalue weighted by molar-refractivity contribution is -0.114. The van der Waals surface area contributed by atoms with Crippen LogP contribution in [-0.2, 0) is 14.8 Å². The summed E-state index contributed by atoms with van der Waals surface area (Å²) in [6.07, 6.45) is 0.570. The molecular formula is C21H25N3O4S. The highest BCUT2D eigenvalue weighted by Crippen LogP contribution is 2.20. The molecule has 154 valence electrons. The van der Waals surface area contributed by atoms with E-state index >= 15 is 0 Å². The Kier molecular flexibility index (Phi) is 6.34. The second-order valence-electron chi connectivity index (χ2n) is 7.12. The number of hydrogen-bond acceptors (Lipinski definition) is 4. The second-order valence-corrected chi connectivity index (χ2v) is 9.06. The average molecular weight is 416 g/mol. The van der Waals surface area contributed by atoms with Crippen LogP contribution < -0.4 is 5.32 Å². The van der Waals surface area contributed by atoms with Gasteiger partial charge in [-0.3, -0.25) is 9.59 Å². The van der Waals surface area contributed by atoms with Crippen molar-refractivity contribution in [3.8, 4) is 0 Å². The topological polar surface area (TPSA) is 86.8 Å². The van der Waals surface area contributed by atoms with Gasteiger partial charge < -0.3 is 10.2 Å². The minimum atomic E-state index is -3.67. The van der Waals surface area contributed by atoms with Crippen LogP contribution in [0.3, 0.4) is 0 Å². The lowest BCUT2D eigenvalue weighted by Gasteiger charge is -2.22. The van der Waals surface area contributed by atoms with Crippen molar-refractivity contribution in [2.45, 2.75) is 25.2 Å². The van der Waals surface area contributed by atoms with Gasteiger partial charge in [0.05, 0.1) is 4.90 Å². The van der Waals surface area contributed by atoms with Crippen molar-refractivity contribution in [2.24, 2.45) is 0 Å². The summed E-state index contributed by atoms with van der Waals surface area (Å²) in [6, 6.07) is 13.5. The highest BCUT2D eigenvalue weighted by Gasteiger charge is 2.28. The van der Waals surface area contributed by atoms with E-state index in [1.807, 2.05) is 25.1 Å². The van der Waals surface area contributed by atoms with E-state index in [2.05, 4.69) is 5.32 Å². The first-order valence-corrected chi connectivity index (χ1v) is 10.9. The number of benzene rings is 2. The molecule has 0 spiro atoms. The van der Waals surface area contributed by atoms with Gasteiger partial charge in [-0.2, -0.15) is 4.31 Å². The largest absolute Gasteiger partial charge is 0.337 e. The van der Waals surface area contributed by atoms with E-state index in [0.29, 0.717) is 37.3 Å². The van der Waals surface area contributed by atoms with E-state index in [-0.39, 0.29) is 23.3 Å². The second kappa shape index (κ2) is 8.75. The van der Waals surface area contributed by atoms with Gasteiger partial charge in [0.1, 0.15) is 0 Å². The standard InChI is InChI=1S/C21H25N3O4S/c1-16-5-3-6-18(15-16)21(26)23-11-4-12-24(14-13-23)29(27,28)20-9-7-19(8-10-20)22-17(2)25/h3,5-10,15H,4,11-14H2,1-2H3,(H,22,25). The van der Waals surface area contributed by atoms with Crippen LogP contribution in [0.5, 0.6) is 0 Å². The van der Waals surface area contributed by atoms with Crippen molar-refractivity contribution >= 4 is 27.5 Å². The van der Waals surface area contributed by atoms with Crippen LogP contribution in [0.25, 0.3) is 0 Å². The molecule has 0 radical (unpaired) electrons. The van der Waals surface area contributed by atoms with Gasteiger partial charge >= 0.3 is 0 Å². The number of nitrogens with zero attached hydrogens (tertiary/aromatic N) is 2. The lowest BCUT2D eigenvalue weighted by atomic mass is 10.1. The number of aryl methyl sites for hydroxylation is 1. The van der Waals surface area contributed by atoms with Crippen LogP contribution in [0.15, 0.2) is 53.4 Å². The molecule has 1 saturated heterocycles. The molecule has 0 aromatic heterocycles. The van der Waals surface area contributed by atoms with Gasteiger partial charge in [-0.25, -0.2) is 8.42 Å². The molecule has 0 unspecified atom stereocenters. The van der Waals surface area contributed by atoms with Gasteiger partial charge in [0.25, 0.3) is 5.91 Å². The zero-order valence-electron chi connectivity index (χ0n) is 16.6. The normalized spacial score (nSPS) is 15.6. The maximum Gasteiger partial charge on any atom is 0.253 e. The quantitative estimate of drug-likeness (QED) is 0.831. The van der Waals surface area contributed by atoms with Gasteiger partial charge in [-0.1, -0.05) is 17.7 Å². The molecule has 0 saturated carbocycles. The summed E-state index contributed by atoms with van der Waals surface area (Å²) in [5.74, 6) is -0.292. The van der Waals surface area contributed by atoms with E-state index < -0.39 is 10.0 Å². The molecule has 7 nitrogen and oxygen atoms in total. The third-order valence-electron chi connectivity index (χ3n) is 4.82. The Morgan fingerprint density at radius 2 is 1.69 bits per heavy atom. The Labute approximate surface area is 171 Å². The minimum Gasteiger partial charge on any atom is -0.337 e. The number of hydrogen-bond donors (Lipinski definition) is 1. The molecule has 1 N–H and O–H groups in total. The van der Waals surface area contributed by atoms with Crippen LogP contribution in [0, 0.1) is 6.92 Å². The highest BCUT2D eigenvalue weighted by molar-refractivity contribution is 7.89. The van der Waals surface area contributed by atoms with E-state index in [4.69, 9.17) is 0 Å². The van der Waals surface area contributed by atoms with Crippen LogP contribution >= 0.6 is 0 Å². The first-order chi connectivity index (χ1) is 13.8. The molecule has 0 aliphatic carbocycles. The Hall–Kier alpha value is -2.71. The average Bonchev–Trinajstić information content (AvgIpc) is 2.94. The predicted octanol–water partition coefficient (Wildman–Crippen LogP) is 2.49. The van der Waals surface area contributed by atoms with Gasteiger partial charge in [0, 0.05) is 44.4 Å². The number of anilines is 1. The van der Waals surface area contributed by atoms with Crippen molar-refractivity contribution in [1.29, 1.82) is 0 Å². The lowest BCUT2D eigenvalue weighted by Crippen LogP contribution is -2.37. The third kappa shape index (κ3) is 5.02. The summed E-state index contributed by atoms with van der Waals surface area (Å²) >= 11 is 0. The van der Waals surface area contributed by atoms with Crippen molar-refractivity contribution in [2.75, 3.05) is 31.5 Å². The fourth-order valence-corrected chi connectivity index (χ4v) is 4.83. The molecule has 2 aromatic carbocycles. The number of sulfonamides is 1. The molecule has 0 atom stereocenters. The fraction of sp³-hybridized carbons (Fsp3) is 0.333. The third-order valence-corrected chi connectivity index (χ3v) is 6.73. The Morgan fingerprint density at radius 1 is 0.966 bits per heavy atom. The molecule has 8 heteroatoms. The van der Waals surface area contributed by atoms with Crippen LogP contribution in [0.2, 0.25) is 0 Å². The zero-order chi connectivity index (χ0) is 21.0. The highest BCUT2D eigenvalue weighted by atomic mass is 32.2. The first kappa shape index (κ1) is 21.0. The predicted molar refractivity (Wildman–Crippen MR) is 111 cm³/mol. The number of rotatable bonds is 4. The van der Waals surface area contributed by atoms with Crippen molar-refractivity contribution in [3.63, 3.8) is 0 Å². The Morgan fingerprint density at radius 3 is 2.34 bits per heavy atom. The van der Waals surface area contributed by atoms with Gasteiger partial charge in [0.15, 0.2) is 0 Å². The number of carbonyl (C=O) groups excluding carboxylic acids is 2. The molecule has 1 aliphatic heterocycles. The maximum atomic E-state index is 13.0. The maximum absolute atomic E-state index is 13.0. The minimum absolute atomic E-state index is 0.0763. The molecule has 2 aromatic rings. The summed E-state index contributed by atoms with van der Waals surface area (Å²) < 4.78 is 27.4. The molecule has 2 amide bonds. The van der Waals surface area contributed by atoms with Crippen LogP contribution in [0.4, 0.5) is 5.69 Å². The van der Waals surface area contributed by atoms with Crippen molar-refractivity contribution < 1.29 is 18.0 Å². The van der Waals surface area contributed by atoms with E-state index in [1.54, 1.807) is 23.1 Å². The molecule has 0 bridgehead atoms. The Bertz CT molecular complexity index is 1000.